The third-order valence-electron chi connectivity index (χ3n) is 4.15. The Hall–Kier alpha value is -2.26. The fourth-order valence-corrected chi connectivity index (χ4v) is 2.84. The molecule has 24 heavy (non-hydrogen) atoms. The topological polar surface area (TPSA) is 74.6 Å². The number of carbonyl (C=O) groups is 1. The number of hydrogen-bond acceptors (Lipinski definition) is 5. The second-order valence-corrected chi connectivity index (χ2v) is 5.86. The van der Waals surface area contributed by atoms with Crippen LogP contribution in [0.25, 0.3) is 0 Å². The van der Waals surface area contributed by atoms with E-state index in [0.717, 1.165) is 44.0 Å². The standard InChI is InChI=1S/C18H25N3O3/c1-23-16-5-7-17(8-6-16)24-13-10-20-18(22)15-4-2-11-21(14-15)12-3-9-19/h5-8,15H,2-4,10-14H2,1H3,(H,20,22). The molecule has 1 amide bonds. The van der Waals surface area contributed by atoms with E-state index >= 15 is 0 Å². The van der Waals surface area contributed by atoms with Crippen LogP contribution in [0.1, 0.15) is 19.3 Å². The second-order valence-electron chi connectivity index (χ2n) is 5.86. The molecule has 0 spiro atoms. The number of hydrogen-bond donors (Lipinski definition) is 1. The van der Waals surface area contributed by atoms with Crippen molar-refractivity contribution in [3.8, 4) is 17.6 Å². The van der Waals surface area contributed by atoms with Gasteiger partial charge < -0.3 is 19.7 Å². The first-order valence-electron chi connectivity index (χ1n) is 8.37. The summed E-state index contributed by atoms with van der Waals surface area (Å²) in [6.07, 6.45) is 2.43. The van der Waals surface area contributed by atoms with E-state index in [1.54, 1.807) is 7.11 Å². The number of ether oxygens (including phenoxy) is 2. The number of rotatable bonds is 8. The highest BCUT2D eigenvalue weighted by Gasteiger charge is 2.25. The van der Waals surface area contributed by atoms with Crippen molar-refractivity contribution in [3.05, 3.63) is 24.3 Å². The van der Waals surface area contributed by atoms with E-state index in [4.69, 9.17) is 14.7 Å². The Morgan fingerprint density at radius 1 is 1.38 bits per heavy atom. The molecule has 1 aromatic rings. The predicted molar refractivity (Wildman–Crippen MR) is 90.9 cm³/mol. The summed E-state index contributed by atoms with van der Waals surface area (Å²) in [6, 6.07) is 9.52. The molecule has 1 unspecified atom stereocenters. The average molecular weight is 331 g/mol. The predicted octanol–water partition coefficient (Wildman–Crippen LogP) is 1.82. The molecule has 1 heterocycles. The Morgan fingerprint density at radius 3 is 2.83 bits per heavy atom. The zero-order valence-corrected chi connectivity index (χ0v) is 14.2. The van der Waals surface area contributed by atoms with E-state index in [9.17, 15) is 4.79 Å². The summed E-state index contributed by atoms with van der Waals surface area (Å²) >= 11 is 0. The lowest BCUT2D eigenvalue weighted by atomic mass is 9.97. The average Bonchev–Trinajstić information content (AvgIpc) is 2.64. The number of nitrogens with one attached hydrogen (secondary N) is 1. The van der Waals surface area contributed by atoms with Crippen LogP contribution in [0.5, 0.6) is 11.5 Å². The van der Waals surface area contributed by atoms with E-state index in [1.165, 1.54) is 0 Å². The van der Waals surface area contributed by atoms with Crippen LogP contribution in [0.15, 0.2) is 24.3 Å². The normalized spacial score (nSPS) is 17.8. The maximum absolute atomic E-state index is 12.2. The largest absolute Gasteiger partial charge is 0.497 e. The van der Waals surface area contributed by atoms with Crippen molar-refractivity contribution in [2.45, 2.75) is 19.3 Å². The van der Waals surface area contributed by atoms with Gasteiger partial charge in [-0.25, -0.2) is 0 Å². The molecule has 1 saturated heterocycles. The van der Waals surface area contributed by atoms with Crippen LogP contribution in [0.4, 0.5) is 0 Å². The van der Waals surface area contributed by atoms with E-state index in [-0.39, 0.29) is 11.8 Å². The van der Waals surface area contributed by atoms with Gasteiger partial charge in [0.15, 0.2) is 0 Å². The number of likely N-dealkylation sites (tertiary alicyclic amines) is 1. The number of piperidine rings is 1. The minimum atomic E-state index is 0.0124. The lowest BCUT2D eigenvalue weighted by Crippen LogP contribution is -2.44. The first-order chi connectivity index (χ1) is 11.7. The quantitative estimate of drug-likeness (QED) is 0.736. The van der Waals surface area contributed by atoms with Gasteiger partial charge in [-0.1, -0.05) is 0 Å². The summed E-state index contributed by atoms with van der Waals surface area (Å²) in [7, 11) is 1.62. The molecule has 0 radical (unpaired) electrons. The fourth-order valence-electron chi connectivity index (χ4n) is 2.84. The summed E-state index contributed by atoms with van der Waals surface area (Å²) in [5, 5.41) is 11.6. The molecule has 6 heteroatoms. The number of amides is 1. The molecule has 1 aliphatic rings. The number of nitrogens with zero attached hydrogens (tertiary/aromatic N) is 2. The van der Waals surface area contributed by atoms with Crippen molar-refractivity contribution >= 4 is 5.91 Å². The monoisotopic (exact) mass is 331 g/mol. The maximum atomic E-state index is 12.2. The molecule has 6 nitrogen and oxygen atoms in total. The molecule has 1 aromatic carbocycles. The van der Waals surface area contributed by atoms with Crippen LogP contribution >= 0.6 is 0 Å². The Kier molecular flexibility index (Phi) is 7.37. The first kappa shape index (κ1) is 18.1. The molecule has 0 bridgehead atoms. The molecule has 2 rings (SSSR count). The van der Waals surface area contributed by atoms with Crippen LogP contribution in [0.3, 0.4) is 0 Å². The van der Waals surface area contributed by atoms with Gasteiger partial charge in [0.25, 0.3) is 0 Å². The molecule has 0 aliphatic carbocycles. The van der Waals surface area contributed by atoms with Gasteiger partial charge in [-0.2, -0.15) is 5.26 Å². The Morgan fingerprint density at radius 2 is 2.12 bits per heavy atom. The molecule has 0 saturated carbocycles. The highest BCUT2D eigenvalue weighted by atomic mass is 16.5. The van der Waals surface area contributed by atoms with E-state index in [0.29, 0.717) is 19.6 Å². The Balaban J connectivity index is 1.66. The second kappa shape index (κ2) is 9.78. The Bertz CT molecular complexity index is 554. The molecule has 1 aliphatic heterocycles. The highest BCUT2D eigenvalue weighted by molar-refractivity contribution is 5.78. The summed E-state index contributed by atoms with van der Waals surface area (Å²) in [4.78, 5) is 14.4. The van der Waals surface area contributed by atoms with Gasteiger partial charge >= 0.3 is 0 Å². The molecular weight excluding hydrogens is 306 g/mol. The first-order valence-corrected chi connectivity index (χ1v) is 8.37. The molecule has 1 atom stereocenters. The van der Waals surface area contributed by atoms with Gasteiger partial charge in [0.1, 0.15) is 18.1 Å². The summed E-state index contributed by atoms with van der Waals surface area (Å²) in [6.45, 7) is 3.39. The number of benzene rings is 1. The zero-order chi connectivity index (χ0) is 17.2. The van der Waals surface area contributed by atoms with Gasteiger partial charge in [-0.05, 0) is 43.7 Å². The fraction of sp³-hybridized carbons (Fsp3) is 0.556. The molecule has 1 N–H and O–H groups in total. The number of nitriles is 1. The van der Waals surface area contributed by atoms with Gasteiger partial charge in [-0.15, -0.1) is 0 Å². The number of methoxy groups -OCH3 is 1. The van der Waals surface area contributed by atoms with Crippen LogP contribution in [-0.4, -0.2) is 50.7 Å². The minimum absolute atomic E-state index is 0.0124. The van der Waals surface area contributed by atoms with Gasteiger partial charge in [0.05, 0.1) is 25.6 Å². The van der Waals surface area contributed by atoms with Crippen molar-refractivity contribution < 1.29 is 14.3 Å². The third kappa shape index (κ3) is 5.74. The maximum Gasteiger partial charge on any atom is 0.224 e. The summed E-state index contributed by atoms with van der Waals surface area (Å²) in [5.74, 6) is 1.63. The van der Waals surface area contributed by atoms with E-state index in [1.807, 2.05) is 24.3 Å². The summed E-state index contributed by atoms with van der Waals surface area (Å²) in [5.41, 5.74) is 0. The van der Waals surface area contributed by atoms with Crippen molar-refractivity contribution in [1.82, 2.24) is 10.2 Å². The Labute approximate surface area is 143 Å². The van der Waals surface area contributed by atoms with E-state index in [2.05, 4.69) is 16.3 Å². The van der Waals surface area contributed by atoms with Crippen molar-refractivity contribution in [2.75, 3.05) is 39.9 Å². The highest BCUT2D eigenvalue weighted by Crippen LogP contribution is 2.18. The lowest BCUT2D eigenvalue weighted by Gasteiger charge is -2.31. The van der Waals surface area contributed by atoms with Crippen molar-refractivity contribution in [3.63, 3.8) is 0 Å². The van der Waals surface area contributed by atoms with Crippen LogP contribution in [0.2, 0.25) is 0 Å². The molecule has 0 aromatic heterocycles. The molecule has 130 valence electrons. The van der Waals surface area contributed by atoms with Crippen molar-refractivity contribution in [1.29, 1.82) is 5.26 Å². The van der Waals surface area contributed by atoms with Gasteiger partial charge in [0, 0.05) is 19.5 Å². The van der Waals surface area contributed by atoms with Crippen LogP contribution in [-0.2, 0) is 4.79 Å². The third-order valence-corrected chi connectivity index (χ3v) is 4.15. The van der Waals surface area contributed by atoms with Crippen molar-refractivity contribution in [2.24, 2.45) is 5.92 Å². The van der Waals surface area contributed by atoms with Gasteiger partial charge in [0.2, 0.25) is 5.91 Å². The molecule has 1 fully saturated rings. The minimum Gasteiger partial charge on any atom is -0.497 e. The van der Waals surface area contributed by atoms with E-state index < -0.39 is 0 Å². The zero-order valence-electron chi connectivity index (χ0n) is 14.2. The SMILES string of the molecule is COc1ccc(OCCNC(=O)C2CCCN(CCC#N)C2)cc1. The smallest absolute Gasteiger partial charge is 0.224 e. The van der Waals surface area contributed by atoms with Crippen LogP contribution in [0, 0.1) is 17.2 Å². The van der Waals surface area contributed by atoms with Crippen LogP contribution < -0.4 is 14.8 Å². The van der Waals surface area contributed by atoms with Gasteiger partial charge in [-0.3, -0.25) is 4.79 Å². The summed E-state index contributed by atoms with van der Waals surface area (Å²) < 4.78 is 10.7. The molecular formula is C18H25N3O3. The lowest BCUT2D eigenvalue weighted by molar-refractivity contribution is -0.126. The number of carbonyl (C=O) groups excluding carboxylic acids is 1.